The predicted octanol–water partition coefficient (Wildman–Crippen LogP) is 1.24. The van der Waals surface area contributed by atoms with E-state index in [1.165, 1.54) is 5.56 Å². The third kappa shape index (κ3) is 2.90. The first kappa shape index (κ1) is 12.2. The largest absolute Gasteiger partial charge is 0.486 e. The van der Waals surface area contributed by atoms with E-state index >= 15 is 0 Å². The van der Waals surface area contributed by atoms with E-state index in [2.05, 4.69) is 24.9 Å². The molecule has 1 aliphatic heterocycles. The van der Waals surface area contributed by atoms with Crippen molar-refractivity contribution in [3.05, 3.63) is 23.8 Å². The number of likely N-dealkylation sites (N-methyl/N-ethyl adjacent to an activating group) is 1. The molecule has 0 saturated heterocycles. The van der Waals surface area contributed by atoms with Crippen LogP contribution in [0.1, 0.15) is 12.5 Å². The number of hydrogen-bond acceptors (Lipinski definition) is 4. The molecule has 0 amide bonds. The lowest BCUT2D eigenvalue weighted by atomic mass is 10.1. The lowest BCUT2D eigenvalue weighted by Crippen LogP contribution is -2.34. The predicted molar refractivity (Wildman–Crippen MR) is 67.4 cm³/mol. The summed E-state index contributed by atoms with van der Waals surface area (Å²) in [6, 6.07) is 6.48. The molecule has 0 radical (unpaired) electrons. The van der Waals surface area contributed by atoms with E-state index in [1.807, 2.05) is 12.1 Å². The molecule has 0 aromatic heterocycles. The lowest BCUT2D eigenvalue weighted by molar-refractivity contribution is 0.171. The van der Waals surface area contributed by atoms with Crippen molar-refractivity contribution in [3.8, 4) is 11.5 Å². The Morgan fingerprint density at radius 2 is 2.00 bits per heavy atom. The SMILES string of the molecule is CC(CN)N(C)Cc1ccc2c(c1)OCCO2. The van der Waals surface area contributed by atoms with Crippen LogP contribution in [0.5, 0.6) is 11.5 Å². The number of hydrogen-bond donors (Lipinski definition) is 1. The van der Waals surface area contributed by atoms with Gasteiger partial charge in [0.15, 0.2) is 11.5 Å². The smallest absolute Gasteiger partial charge is 0.161 e. The molecule has 2 rings (SSSR count). The number of fused-ring (bicyclic) bond motifs is 1. The fraction of sp³-hybridized carbons (Fsp3) is 0.538. The Labute approximate surface area is 102 Å². The Hall–Kier alpha value is -1.26. The van der Waals surface area contributed by atoms with Crippen LogP contribution >= 0.6 is 0 Å². The van der Waals surface area contributed by atoms with E-state index in [0.29, 0.717) is 25.8 Å². The third-order valence-electron chi connectivity index (χ3n) is 3.13. The fourth-order valence-electron chi connectivity index (χ4n) is 1.81. The maximum absolute atomic E-state index is 5.65. The molecule has 0 spiro atoms. The second-order valence-corrected chi connectivity index (χ2v) is 4.48. The third-order valence-corrected chi connectivity index (χ3v) is 3.13. The second-order valence-electron chi connectivity index (χ2n) is 4.48. The minimum atomic E-state index is 0.378. The average Bonchev–Trinajstić information content (AvgIpc) is 2.37. The summed E-state index contributed by atoms with van der Waals surface area (Å²) < 4.78 is 11.1. The molecule has 0 aliphatic carbocycles. The quantitative estimate of drug-likeness (QED) is 0.854. The summed E-state index contributed by atoms with van der Waals surface area (Å²) in [4.78, 5) is 2.23. The summed E-state index contributed by atoms with van der Waals surface area (Å²) >= 11 is 0. The van der Waals surface area contributed by atoms with Crippen LogP contribution in [-0.4, -0.2) is 37.7 Å². The molecule has 1 unspecified atom stereocenters. The summed E-state index contributed by atoms with van der Waals surface area (Å²) in [6.07, 6.45) is 0. The van der Waals surface area contributed by atoms with Crippen LogP contribution in [0.3, 0.4) is 0 Å². The fourth-order valence-corrected chi connectivity index (χ4v) is 1.81. The van der Waals surface area contributed by atoms with Gasteiger partial charge in [0.1, 0.15) is 13.2 Å². The van der Waals surface area contributed by atoms with Gasteiger partial charge < -0.3 is 15.2 Å². The minimum absolute atomic E-state index is 0.378. The Kier molecular flexibility index (Phi) is 3.86. The molecule has 94 valence electrons. The molecule has 0 saturated carbocycles. The molecule has 1 heterocycles. The zero-order chi connectivity index (χ0) is 12.3. The molecular weight excluding hydrogens is 216 g/mol. The maximum Gasteiger partial charge on any atom is 0.161 e. The lowest BCUT2D eigenvalue weighted by Gasteiger charge is -2.24. The molecule has 1 aromatic rings. The van der Waals surface area contributed by atoms with Gasteiger partial charge in [-0.25, -0.2) is 0 Å². The molecule has 1 atom stereocenters. The van der Waals surface area contributed by atoms with Crippen LogP contribution in [0.25, 0.3) is 0 Å². The first-order valence-electron chi connectivity index (χ1n) is 5.99. The zero-order valence-electron chi connectivity index (χ0n) is 10.5. The Bertz CT molecular complexity index is 382. The van der Waals surface area contributed by atoms with Gasteiger partial charge >= 0.3 is 0 Å². The van der Waals surface area contributed by atoms with E-state index in [4.69, 9.17) is 15.2 Å². The van der Waals surface area contributed by atoms with Gasteiger partial charge in [-0.2, -0.15) is 0 Å². The summed E-state index contributed by atoms with van der Waals surface area (Å²) in [5.74, 6) is 1.69. The van der Waals surface area contributed by atoms with Crippen LogP contribution in [0.4, 0.5) is 0 Å². The van der Waals surface area contributed by atoms with Gasteiger partial charge in [-0.05, 0) is 31.7 Å². The van der Waals surface area contributed by atoms with Crippen molar-refractivity contribution in [2.45, 2.75) is 19.5 Å². The van der Waals surface area contributed by atoms with Crippen molar-refractivity contribution in [3.63, 3.8) is 0 Å². The number of benzene rings is 1. The van der Waals surface area contributed by atoms with E-state index < -0.39 is 0 Å². The van der Waals surface area contributed by atoms with Crippen molar-refractivity contribution in [1.82, 2.24) is 4.90 Å². The number of rotatable bonds is 4. The number of nitrogens with zero attached hydrogens (tertiary/aromatic N) is 1. The molecule has 1 aliphatic rings. The van der Waals surface area contributed by atoms with Crippen LogP contribution in [-0.2, 0) is 6.54 Å². The van der Waals surface area contributed by atoms with Crippen molar-refractivity contribution in [1.29, 1.82) is 0 Å². The van der Waals surface area contributed by atoms with Crippen molar-refractivity contribution >= 4 is 0 Å². The minimum Gasteiger partial charge on any atom is -0.486 e. The standard InChI is InChI=1S/C13H20N2O2/c1-10(8-14)15(2)9-11-3-4-12-13(7-11)17-6-5-16-12/h3-4,7,10H,5-6,8-9,14H2,1-2H3. The normalized spacial score (nSPS) is 16.0. The van der Waals surface area contributed by atoms with E-state index in [9.17, 15) is 0 Å². The van der Waals surface area contributed by atoms with Gasteiger partial charge in [0.2, 0.25) is 0 Å². The molecule has 0 fully saturated rings. The van der Waals surface area contributed by atoms with E-state index in [1.54, 1.807) is 0 Å². The maximum atomic E-state index is 5.65. The number of nitrogens with two attached hydrogens (primary N) is 1. The van der Waals surface area contributed by atoms with Gasteiger partial charge in [0.25, 0.3) is 0 Å². The monoisotopic (exact) mass is 236 g/mol. The highest BCUT2D eigenvalue weighted by Crippen LogP contribution is 2.31. The summed E-state index contributed by atoms with van der Waals surface area (Å²) in [6.45, 7) is 4.93. The Balaban J connectivity index is 2.06. The molecule has 4 nitrogen and oxygen atoms in total. The van der Waals surface area contributed by atoms with Crippen LogP contribution < -0.4 is 15.2 Å². The number of ether oxygens (including phenoxy) is 2. The first-order valence-corrected chi connectivity index (χ1v) is 5.99. The average molecular weight is 236 g/mol. The Morgan fingerprint density at radius 3 is 2.71 bits per heavy atom. The molecular formula is C13H20N2O2. The summed E-state index contributed by atoms with van der Waals surface area (Å²) in [7, 11) is 2.08. The molecule has 0 bridgehead atoms. The summed E-state index contributed by atoms with van der Waals surface area (Å²) in [5.41, 5.74) is 6.87. The van der Waals surface area contributed by atoms with Gasteiger partial charge in [0, 0.05) is 19.1 Å². The van der Waals surface area contributed by atoms with Crippen LogP contribution in [0, 0.1) is 0 Å². The highest BCUT2D eigenvalue weighted by molar-refractivity contribution is 5.43. The highest BCUT2D eigenvalue weighted by Gasteiger charge is 2.13. The zero-order valence-corrected chi connectivity index (χ0v) is 10.5. The molecule has 4 heteroatoms. The van der Waals surface area contributed by atoms with Crippen LogP contribution in [0.15, 0.2) is 18.2 Å². The second kappa shape index (κ2) is 5.38. The van der Waals surface area contributed by atoms with Crippen molar-refractivity contribution in [2.24, 2.45) is 5.73 Å². The first-order chi connectivity index (χ1) is 8.20. The molecule has 17 heavy (non-hydrogen) atoms. The Morgan fingerprint density at radius 1 is 1.29 bits per heavy atom. The van der Waals surface area contributed by atoms with Gasteiger partial charge in [-0.1, -0.05) is 6.07 Å². The highest BCUT2D eigenvalue weighted by atomic mass is 16.6. The van der Waals surface area contributed by atoms with Crippen molar-refractivity contribution < 1.29 is 9.47 Å². The summed E-state index contributed by atoms with van der Waals surface area (Å²) in [5, 5.41) is 0. The molecule has 1 aromatic carbocycles. The van der Waals surface area contributed by atoms with Crippen LogP contribution in [0.2, 0.25) is 0 Å². The van der Waals surface area contributed by atoms with E-state index in [0.717, 1.165) is 18.0 Å². The van der Waals surface area contributed by atoms with E-state index in [-0.39, 0.29) is 0 Å². The molecule has 2 N–H and O–H groups in total. The van der Waals surface area contributed by atoms with Gasteiger partial charge in [-0.15, -0.1) is 0 Å². The van der Waals surface area contributed by atoms with Gasteiger partial charge in [-0.3, -0.25) is 4.90 Å². The van der Waals surface area contributed by atoms with Crippen molar-refractivity contribution in [2.75, 3.05) is 26.8 Å². The topological polar surface area (TPSA) is 47.7 Å². The van der Waals surface area contributed by atoms with Gasteiger partial charge in [0.05, 0.1) is 0 Å².